The van der Waals surface area contributed by atoms with E-state index in [2.05, 4.69) is 5.32 Å². The molecule has 4 aromatic rings. The Morgan fingerprint density at radius 3 is 2.60 bits per heavy atom. The van der Waals surface area contributed by atoms with Crippen LogP contribution < -0.4 is 20.2 Å². The summed E-state index contributed by atoms with van der Waals surface area (Å²) in [4.78, 5) is 25.1. The van der Waals surface area contributed by atoms with E-state index in [-0.39, 0.29) is 17.9 Å². The largest absolute Gasteiger partial charge is 0.493 e. The highest BCUT2D eigenvalue weighted by molar-refractivity contribution is 5.96. The predicted octanol–water partition coefficient (Wildman–Crippen LogP) is 4.59. The van der Waals surface area contributed by atoms with Crippen LogP contribution in [0.3, 0.4) is 0 Å². The molecule has 0 fully saturated rings. The molecule has 1 heterocycles. The van der Waals surface area contributed by atoms with Crippen LogP contribution in [0, 0.1) is 13.8 Å². The fraction of sp³-hybridized carbons (Fsp3) is 0.167. The van der Waals surface area contributed by atoms with Gasteiger partial charge in [0.05, 0.1) is 17.9 Å². The molecule has 0 saturated carbocycles. The maximum Gasteiger partial charge on any atom is 0.262 e. The zero-order chi connectivity index (χ0) is 21.3. The Kier molecular flexibility index (Phi) is 5.14. The first kappa shape index (κ1) is 19.5. The zero-order valence-corrected chi connectivity index (χ0v) is 16.9. The molecule has 4 rings (SSSR count). The third kappa shape index (κ3) is 3.72. The van der Waals surface area contributed by atoms with Crippen molar-refractivity contribution >= 4 is 33.5 Å². The lowest BCUT2D eigenvalue weighted by atomic mass is 10.1. The number of anilines is 1. The van der Waals surface area contributed by atoms with Crippen molar-refractivity contribution in [3.05, 3.63) is 75.9 Å². The number of fused-ring (bicyclic) bond motifs is 2. The fourth-order valence-corrected chi connectivity index (χ4v) is 3.24. The van der Waals surface area contributed by atoms with Crippen LogP contribution in [-0.4, -0.2) is 19.6 Å². The molecule has 0 radical (unpaired) electrons. The molecule has 6 nitrogen and oxygen atoms in total. The van der Waals surface area contributed by atoms with E-state index in [4.69, 9.17) is 13.9 Å². The van der Waals surface area contributed by atoms with Crippen molar-refractivity contribution in [2.75, 3.05) is 19.0 Å². The molecule has 0 spiro atoms. The lowest BCUT2D eigenvalue weighted by Crippen LogP contribution is -2.20. The maximum absolute atomic E-state index is 12.8. The smallest absolute Gasteiger partial charge is 0.262 e. The minimum atomic E-state index is -0.312. The number of aryl methyl sites for hydroxylation is 2. The molecule has 0 unspecified atom stereocenters. The van der Waals surface area contributed by atoms with E-state index in [1.54, 1.807) is 36.4 Å². The Labute approximate surface area is 173 Å². The Bertz CT molecular complexity index is 1320. The summed E-state index contributed by atoms with van der Waals surface area (Å²) in [5, 5.41) is 3.64. The second-order valence-corrected chi connectivity index (χ2v) is 7.06. The maximum atomic E-state index is 12.8. The van der Waals surface area contributed by atoms with Gasteiger partial charge in [0.2, 0.25) is 5.43 Å². The molecule has 1 amide bonds. The standard InChI is InChI=1S/C24H21NO5/c1-14-7-9-17(11-15(14)2)29-13-22(26)25-16-8-10-18-21(12-16)30-24-19(23(18)27)5-4-6-20(24)28-3/h4-12H,13H2,1-3H3,(H,25,26). The molecule has 6 heteroatoms. The van der Waals surface area contributed by atoms with E-state index < -0.39 is 0 Å². The van der Waals surface area contributed by atoms with Crippen LogP contribution >= 0.6 is 0 Å². The first-order chi connectivity index (χ1) is 14.5. The van der Waals surface area contributed by atoms with Gasteiger partial charge in [0.1, 0.15) is 11.3 Å². The molecule has 1 N–H and O–H groups in total. The number of methoxy groups -OCH3 is 1. The number of nitrogens with one attached hydrogen (secondary N) is 1. The first-order valence-corrected chi connectivity index (χ1v) is 9.50. The molecule has 0 bridgehead atoms. The topological polar surface area (TPSA) is 77.8 Å². The summed E-state index contributed by atoms with van der Waals surface area (Å²) < 4.78 is 16.8. The number of benzene rings is 3. The van der Waals surface area contributed by atoms with Crippen LogP contribution in [0.1, 0.15) is 11.1 Å². The Morgan fingerprint density at radius 1 is 1.00 bits per heavy atom. The van der Waals surface area contributed by atoms with Crippen molar-refractivity contribution in [1.82, 2.24) is 0 Å². The minimum Gasteiger partial charge on any atom is -0.493 e. The molecule has 30 heavy (non-hydrogen) atoms. The fourth-order valence-electron chi connectivity index (χ4n) is 3.24. The van der Waals surface area contributed by atoms with E-state index in [0.29, 0.717) is 39.1 Å². The van der Waals surface area contributed by atoms with E-state index in [1.807, 2.05) is 32.0 Å². The van der Waals surface area contributed by atoms with E-state index in [1.165, 1.54) is 7.11 Å². The average Bonchev–Trinajstić information content (AvgIpc) is 2.74. The Hall–Kier alpha value is -3.80. The summed E-state index contributed by atoms with van der Waals surface area (Å²) in [5.74, 6) is 0.798. The summed E-state index contributed by atoms with van der Waals surface area (Å²) in [6, 6.07) is 15.8. The third-order valence-electron chi connectivity index (χ3n) is 5.01. The summed E-state index contributed by atoms with van der Waals surface area (Å²) in [6.45, 7) is 3.88. The highest BCUT2D eigenvalue weighted by atomic mass is 16.5. The zero-order valence-electron chi connectivity index (χ0n) is 16.9. The normalized spacial score (nSPS) is 10.9. The first-order valence-electron chi connectivity index (χ1n) is 9.50. The third-order valence-corrected chi connectivity index (χ3v) is 5.01. The molecule has 3 aromatic carbocycles. The lowest BCUT2D eigenvalue weighted by molar-refractivity contribution is -0.118. The van der Waals surface area contributed by atoms with Crippen LogP contribution in [-0.2, 0) is 4.79 Å². The van der Waals surface area contributed by atoms with Gasteiger partial charge in [0, 0.05) is 11.8 Å². The summed E-state index contributed by atoms with van der Waals surface area (Å²) in [7, 11) is 1.52. The van der Waals surface area contributed by atoms with Crippen LogP contribution in [0.25, 0.3) is 21.9 Å². The van der Waals surface area contributed by atoms with Gasteiger partial charge in [-0.3, -0.25) is 9.59 Å². The number of carbonyl (C=O) groups is 1. The minimum absolute atomic E-state index is 0.129. The van der Waals surface area contributed by atoms with Crippen LogP contribution in [0.4, 0.5) is 5.69 Å². The molecule has 0 aliphatic heterocycles. The van der Waals surface area contributed by atoms with Crippen molar-refractivity contribution in [1.29, 1.82) is 0 Å². The van der Waals surface area contributed by atoms with Crippen molar-refractivity contribution in [2.24, 2.45) is 0 Å². The summed E-state index contributed by atoms with van der Waals surface area (Å²) >= 11 is 0. The SMILES string of the molecule is COc1cccc2c(=O)c3ccc(NC(=O)COc4ccc(C)c(C)c4)cc3oc12. The second kappa shape index (κ2) is 7.91. The van der Waals surface area contributed by atoms with Gasteiger partial charge in [0.25, 0.3) is 5.91 Å². The average molecular weight is 403 g/mol. The second-order valence-electron chi connectivity index (χ2n) is 7.06. The van der Waals surface area contributed by atoms with Crippen molar-refractivity contribution in [3.8, 4) is 11.5 Å². The summed E-state index contributed by atoms with van der Waals surface area (Å²) in [6.07, 6.45) is 0. The molecule has 152 valence electrons. The van der Waals surface area contributed by atoms with E-state index in [9.17, 15) is 9.59 Å². The Morgan fingerprint density at radius 2 is 1.83 bits per heavy atom. The van der Waals surface area contributed by atoms with Crippen LogP contribution in [0.15, 0.2) is 63.8 Å². The van der Waals surface area contributed by atoms with Crippen LogP contribution in [0.5, 0.6) is 11.5 Å². The number of hydrogen-bond donors (Lipinski definition) is 1. The van der Waals surface area contributed by atoms with Gasteiger partial charge in [-0.2, -0.15) is 0 Å². The van der Waals surface area contributed by atoms with Gasteiger partial charge >= 0.3 is 0 Å². The lowest BCUT2D eigenvalue weighted by Gasteiger charge is -2.10. The number of hydrogen-bond acceptors (Lipinski definition) is 5. The highest BCUT2D eigenvalue weighted by Gasteiger charge is 2.13. The number of amides is 1. The molecular weight excluding hydrogens is 382 g/mol. The van der Waals surface area contributed by atoms with E-state index >= 15 is 0 Å². The van der Waals surface area contributed by atoms with Gasteiger partial charge in [-0.1, -0.05) is 12.1 Å². The molecule has 0 aliphatic rings. The highest BCUT2D eigenvalue weighted by Crippen LogP contribution is 2.28. The molecule has 0 atom stereocenters. The van der Waals surface area contributed by atoms with Crippen molar-refractivity contribution in [3.63, 3.8) is 0 Å². The van der Waals surface area contributed by atoms with Gasteiger partial charge in [0.15, 0.2) is 17.9 Å². The summed E-state index contributed by atoms with van der Waals surface area (Å²) in [5.41, 5.74) is 3.35. The molecule has 0 saturated heterocycles. The quantitative estimate of drug-likeness (QED) is 0.493. The van der Waals surface area contributed by atoms with Gasteiger partial charge in [-0.15, -0.1) is 0 Å². The Balaban J connectivity index is 1.57. The number of ether oxygens (including phenoxy) is 2. The molecular formula is C24H21NO5. The van der Waals surface area contributed by atoms with Crippen molar-refractivity contribution < 1.29 is 18.7 Å². The molecule has 1 aromatic heterocycles. The number of para-hydroxylation sites is 1. The van der Waals surface area contributed by atoms with Gasteiger partial charge < -0.3 is 19.2 Å². The molecule has 0 aliphatic carbocycles. The number of carbonyl (C=O) groups excluding carboxylic acids is 1. The van der Waals surface area contributed by atoms with Gasteiger partial charge in [-0.25, -0.2) is 0 Å². The van der Waals surface area contributed by atoms with E-state index in [0.717, 1.165) is 11.1 Å². The van der Waals surface area contributed by atoms with Gasteiger partial charge in [-0.05, 0) is 61.4 Å². The van der Waals surface area contributed by atoms with Crippen molar-refractivity contribution in [2.45, 2.75) is 13.8 Å². The monoisotopic (exact) mass is 403 g/mol. The predicted molar refractivity (Wildman–Crippen MR) is 117 cm³/mol. The number of rotatable bonds is 5. The van der Waals surface area contributed by atoms with Crippen LogP contribution in [0.2, 0.25) is 0 Å².